The van der Waals surface area contributed by atoms with Crippen LogP contribution < -0.4 is 5.32 Å². The SMILES string of the molecule is C=BC(C)C1CCNCCC1CCC. The van der Waals surface area contributed by atoms with E-state index in [-0.39, 0.29) is 0 Å². The molecule has 1 aliphatic heterocycles. The Morgan fingerprint density at radius 1 is 1.43 bits per heavy atom. The van der Waals surface area contributed by atoms with Gasteiger partial charge in [0.05, 0.1) is 0 Å². The van der Waals surface area contributed by atoms with Crippen molar-refractivity contribution in [3.63, 3.8) is 0 Å². The Hall–Kier alpha value is -0.105. The van der Waals surface area contributed by atoms with Crippen molar-refractivity contribution in [2.24, 2.45) is 11.8 Å². The zero-order valence-electron chi connectivity index (χ0n) is 9.76. The molecule has 3 atom stereocenters. The standard InChI is InChI=1S/C12H24BN/c1-4-5-11-6-8-14-9-7-12(11)10(2)13-3/h10-12,14H,3-9H2,1-2H3. The molecule has 0 aromatic rings. The van der Waals surface area contributed by atoms with E-state index in [1.54, 1.807) is 0 Å². The van der Waals surface area contributed by atoms with Gasteiger partial charge in [-0.15, -0.1) is 0 Å². The van der Waals surface area contributed by atoms with Crippen LogP contribution >= 0.6 is 0 Å². The Kier molecular flexibility index (Phi) is 5.46. The average Bonchev–Trinajstić information content (AvgIpc) is 2.43. The normalized spacial score (nSPS) is 30.4. The summed E-state index contributed by atoms with van der Waals surface area (Å²) in [5.74, 6) is 2.47. The van der Waals surface area contributed by atoms with Crippen LogP contribution in [0.3, 0.4) is 0 Å². The van der Waals surface area contributed by atoms with Crippen molar-refractivity contribution < 1.29 is 0 Å². The number of hydrogen-bond acceptors (Lipinski definition) is 1. The fourth-order valence-corrected chi connectivity index (χ4v) is 2.73. The first-order chi connectivity index (χ1) is 6.79. The van der Waals surface area contributed by atoms with Gasteiger partial charge in [-0.1, -0.05) is 0 Å². The van der Waals surface area contributed by atoms with Gasteiger partial charge in [-0.25, -0.2) is 0 Å². The second-order valence-electron chi connectivity index (χ2n) is 4.63. The van der Waals surface area contributed by atoms with Crippen LogP contribution in [0.5, 0.6) is 0 Å². The van der Waals surface area contributed by atoms with Gasteiger partial charge in [0.2, 0.25) is 0 Å². The van der Waals surface area contributed by atoms with E-state index in [0.29, 0.717) is 5.82 Å². The minimum absolute atomic E-state index is 0.687. The van der Waals surface area contributed by atoms with Crippen molar-refractivity contribution >= 4 is 13.4 Å². The van der Waals surface area contributed by atoms with Crippen molar-refractivity contribution in [3.8, 4) is 0 Å². The Balaban J connectivity index is 2.58. The molecular formula is C12H24BN. The second kappa shape index (κ2) is 6.39. The first-order valence-electron chi connectivity index (χ1n) is 6.12. The molecule has 1 fully saturated rings. The Morgan fingerprint density at radius 3 is 2.79 bits per heavy atom. The molecule has 0 amide bonds. The van der Waals surface area contributed by atoms with Crippen LogP contribution in [0.1, 0.15) is 39.5 Å². The molecule has 3 unspecified atom stereocenters. The number of nitrogens with one attached hydrogen (secondary N) is 1. The summed E-state index contributed by atoms with van der Waals surface area (Å²) in [6.45, 7) is 13.1. The van der Waals surface area contributed by atoms with E-state index in [0.717, 1.165) is 11.8 Å². The summed E-state index contributed by atoms with van der Waals surface area (Å²) in [7, 11) is 0. The molecule has 1 rings (SSSR count). The number of hydrogen-bond donors (Lipinski definition) is 1. The van der Waals surface area contributed by atoms with Gasteiger partial charge in [0.1, 0.15) is 0 Å². The van der Waals surface area contributed by atoms with Gasteiger partial charge in [0.15, 0.2) is 0 Å². The van der Waals surface area contributed by atoms with Crippen LogP contribution in [0.15, 0.2) is 0 Å². The quantitative estimate of drug-likeness (QED) is 0.676. The van der Waals surface area contributed by atoms with Gasteiger partial charge in [-0.2, -0.15) is 0 Å². The van der Waals surface area contributed by atoms with Gasteiger partial charge in [-0.05, 0) is 0 Å². The Labute approximate surface area is 89.6 Å². The molecule has 0 saturated carbocycles. The summed E-state index contributed by atoms with van der Waals surface area (Å²) in [6.07, 6.45) is 5.41. The van der Waals surface area contributed by atoms with E-state index in [2.05, 4.69) is 32.6 Å². The molecular weight excluding hydrogens is 169 g/mol. The third-order valence-corrected chi connectivity index (χ3v) is 3.66. The van der Waals surface area contributed by atoms with E-state index in [1.165, 1.54) is 38.8 Å². The molecule has 0 aromatic carbocycles. The van der Waals surface area contributed by atoms with Crippen LogP contribution in [0.2, 0.25) is 5.82 Å². The van der Waals surface area contributed by atoms with Gasteiger partial charge in [-0.3, -0.25) is 0 Å². The van der Waals surface area contributed by atoms with Gasteiger partial charge in [0, 0.05) is 0 Å². The molecule has 0 aromatic heterocycles. The van der Waals surface area contributed by atoms with Crippen LogP contribution in [-0.2, 0) is 0 Å². The molecule has 0 spiro atoms. The predicted molar refractivity (Wildman–Crippen MR) is 66.3 cm³/mol. The molecule has 0 bridgehead atoms. The fourth-order valence-electron chi connectivity index (χ4n) is 2.73. The molecule has 1 aliphatic rings. The van der Waals surface area contributed by atoms with Crippen LogP contribution in [0.25, 0.3) is 0 Å². The van der Waals surface area contributed by atoms with Crippen LogP contribution in [-0.4, -0.2) is 26.5 Å². The van der Waals surface area contributed by atoms with E-state index >= 15 is 0 Å². The maximum atomic E-state index is 3.94. The van der Waals surface area contributed by atoms with Crippen molar-refractivity contribution in [3.05, 3.63) is 0 Å². The summed E-state index contributed by atoms with van der Waals surface area (Å²) < 4.78 is 0. The van der Waals surface area contributed by atoms with Crippen LogP contribution in [0.4, 0.5) is 0 Å². The van der Waals surface area contributed by atoms with Gasteiger partial charge >= 0.3 is 89.0 Å². The molecule has 14 heavy (non-hydrogen) atoms. The summed E-state index contributed by atoms with van der Waals surface area (Å²) in [6, 6.07) is 0. The van der Waals surface area contributed by atoms with Crippen LogP contribution in [0, 0.1) is 11.8 Å². The monoisotopic (exact) mass is 193 g/mol. The number of rotatable bonds is 4. The Bertz CT molecular complexity index is 170. The van der Waals surface area contributed by atoms with Gasteiger partial charge in [0.25, 0.3) is 0 Å². The summed E-state index contributed by atoms with van der Waals surface area (Å²) in [4.78, 5) is 0. The molecule has 1 nitrogen and oxygen atoms in total. The summed E-state index contributed by atoms with van der Waals surface area (Å²) in [5.41, 5.74) is 0. The fraction of sp³-hybridized carbons (Fsp3) is 0.917. The predicted octanol–water partition coefficient (Wildman–Crippen LogP) is 2.35. The topological polar surface area (TPSA) is 12.0 Å². The molecule has 80 valence electrons. The zero-order valence-corrected chi connectivity index (χ0v) is 9.76. The van der Waals surface area contributed by atoms with Crippen molar-refractivity contribution in [1.29, 1.82) is 0 Å². The third kappa shape index (κ3) is 3.23. The average molecular weight is 193 g/mol. The minimum atomic E-state index is 0.687. The van der Waals surface area contributed by atoms with Crippen molar-refractivity contribution in [1.82, 2.24) is 5.32 Å². The zero-order chi connectivity index (χ0) is 10.4. The molecule has 1 heterocycles. The van der Waals surface area contributed by atoms with Crippen molar-refractivity contribution in [2.45, 2.75) is 45.3 Å². The van der Waals surface area contributed by atoms with Crippen molar-refractivity contribution in [2.75, 3.05) is 13.1 Å². The molecule has 2 heteroatoms. The van der Waals surface area contributed by atoms with E-state index in [9.17, 15) is 0 Å². The van der Waals surface area contributed by atoms with E-state index < -0.39 is 0 Å². The molecule has 0 aliphatic carbocycles. The molecule has 1 N–H and O–H groups in total. The first kappa shape index (κ1) is 12.0. The molecule has 0 radical (unpaired) electrons. The summed E-state index contributed by atoms with van der Waals surface area (Å²) in [5, 5.41) is 3.51. The van der Waals surface area contributed by atoms with Gasteiger partial charge < -0.3 is 0 Å². The second-order valence-corrected chi connectivity index (χ2v) is 4.63. The molecule has 1 saturated heterocycles. The maximum absolute atomic E-state index is 3.94. The van der Waals surface area contributed by atoms with E-state index in [4.69, 9.17) is 0 Å². The summed E-state index contributed by atoms with van der Waals surface area (Å²) >= 11 is 0. The first-order valence-corrected chi connectivity index (χ1v) is 6.12. The Morgan fingerprint density at radius 2 is 2.14 bits per heavy atom. The van der Waals surface area contributed by atoms with E-state index in [1.807, 2.05) is 0 Å². The third-order valence-electron chi connectivity index (χ3n) is 3.66.